The molecule has 2 saturated heterocycles. The minimum absolute atomic E-state index is 0.0230. The zero-order chi connectivity index (χ0) is 22.3. The minimum atomic E-state index is 0.0230. The van der Waals surface area contributed by atoms with Crippen LogP contribution in [0.1, 0.15) is 41.6 Å². The molecule has 4 rings (SSSR count). The van der Waals surface area contributed by atoms with Crippen LogP contribution >= 0.6 is 0 Å². The summed E-state index contributed by atoms with van der Waals surface area (Å²) in [6.07, 6.45) is 4.50. The number of ether oxygens (including phenoxy) is 3. The Labute approximate surface area is 191 Å². The van der Waals surface area contributed by atoms with Crippen LogP contribution in [0.4, 0.5) is 0 Å². The van der Waals surface area contributed by atoms with E-state index < -0.39 is 0 Å². The van der Waals surface area contributed by atoms with Gasteiger partial charge in [-0.15, -0.1) is 0 Å². The van der Waals surface area contributed by atoms with Gasteiger partial charge in [-0.3, -0.25) is 9.69 Å². The lowest BCUT2D eigenvalue weighted by atomic mass is 10.0. The third kappa shape index (κ3) is 5.81. The fraction of sp³-hybridized carbons (Fsp3) is 0.500. The molecule has 0 unspecified atom stereocenters. The summed E-state index contributed by atoms with van der Waals surface area (Å²) in [5, 5.41) is 0. The first-order valence-corrected chi connectivity index (χ1v) is 11.6. The van der Waals surface area contributed by atoms with Crippen LogP contribution in [0.2, 0.25) is 0 Å². The quantitative estimate of drug-likeness (QED) is 0.654. The molecule has 2 fully saturated rings. The van der Waals surface area contributed by atoms with Crippen LogP contribution in [0.3, 0.4) is 0 Å². The van der Waals surface area contributed by atoms with Gasteiger partial charge in [-0.2, -0.15) is 0 Å². The molecular formula is C26H34N2O4. The number of hydrogen-bond donors (Lipinski definition) is 0. The smallest absolute Gasteiger partial charge is 0.254 e. The van der Waals surface area contributed by atoms with Crippen LogP contribution in [0.25, 0.3) is 0 Å². The molecule has 1 amide bonds. The summed E-state index contributed by atoms with van der Waals surface area (Å²) in [7, 11) is 3.19. The number of piperidine rings is 2. The molecule has 0 atom stereocenters. The van der Waals surface area contributed by atoms with E-state index in [1.54, 1.807) is 32.4 Å². The fourth-order valence-electron chi connectivity index (χ4n) is 4.63. The van der Waals surface area contributed by atoms with Crippen molar-refractivity contribution in [2.24, 2.45) is 0 Å². The van der Waals surface area contributed by atoms with E-state index in [4.69, 9.17) is 14.2 Å². The van der Waals surface area contributed by atoms with E-state index in [0.717, 1.165) is 58.4 Å². The Morgan fingerprint density at radius 3 is 1.97 bits per heavy atom. The Bertz CT molecular complexity index is 850. The molecule has 2 aliphatic heterocycles. The highest BCUT2D eigenvalue weighted by atomic mass is 16.5. The molecule has 0 aromatic heterocycles. The highest BCUT2D eigenvalue weighted by Gasteiger charge is 2.28. The average Bonchev–Trinajstić information content (AvgIpc) is 2.85. The summed E-state index contributed by atoms with van der Waals surface area (Å²) in [6, 6.07) is 16.0. The Morgan fingerprint density at radius 1 is 0.844 bits per heavy atom. The lowest BCUT2D eigenvalue weighted by Gasteiger charge is -2.37. The number of benzene rings is 2. The van der Waals surface area contributed by atoms with E-state index in [1.807, 2.05) is 4.90 Å². The lowest BCUT2D eigenvalue weighted by Crippen LogP contribution is -2.43. The maximum atomic E-state index is 13.0. The van der Waals surface area contributed by atoms with Crippen LogP contribution in [0.5, 0.6) is 11.5 Å². The van der Waals surface area contributed by atoms with Gasteiger partial charge in [0.2, 0.25) is 0 Å². The van der Waals surface area contributed by atoms with E-state index in [0.29, 0.717) is 23.2 Å². The van der Waals surface area contributed by atoms with E-state index in [1.165, 1.54) is 5.56 Å². The van der Waals surface area contributed by atoms with E-state index >= 15 is 0 Å². The molecule has 0 N–H and O–H groups in total. The van der Waals surface area contributed by atoms with Crippen molar-refractivity contribution in [3.63, 3.8) is 0 Å². The van der Waals surface area contributed by atoms with Gasteiger partial charge in [0, 0.05) is 44.4 Å². The molecule has 0 saturated carbocycles. The molecule has 0 bridgehead atoms. The number of carbonyl (C=O) groups excluding carboxylic acids is 1. The highest BCUT2D eigenvalue weighted by molar-refractivity contribution is 5.95. The molecule has 172 valence electrons. The summed E-state index contributed by atoms with van der Waals surface area (Å²) >= 11 is 0. The van der Waals surface area contributed by atoms with Gasteiger partial charge in [-0.05, 0) is 43.4 Å². The minimum Gasteiger partial charge on any atom is -0.497 e. The van der Waals surface area contributed by atoms with Crippen molar-refractivity contribution in [3.8, 4) is 11.5 Å². The molecule has 2 heterocycles. The van der Waals surface area contributed by atoms with Gasteiger partial charge in [0.25, 0.3) is 5.91 Å². The topological polar surface area (TPSA) is 51.2 Å². The zero-order valence-electron chi connectivity index (χ0n) is 19.2. The van der Waals surface area contributed by atoms with Crippen LogP contribution in [-0.4, -0.2) is 68.3 Å². The van der Waals surface area contributed by atoms with Gasteiger partial charge in [-0.25, -0.2) is 0 Å². The number of carbonyl (C=O) groups is 1. The second kappa shape index (κ2) is 10.8. The van der Waals surface area contributed by atoms with Crippen molar-refractivity contribution in [1.29, 1.82) is 0 Å². The predicted molar refractivity (Wildman–Crippen MR) is 124 cm³/mol. The number of hydrogen-bond acceptors (Lipinski definition) is 5. The first kappa shape index (κ1) is 22.6. The number of rotatable bonds is 7. The number of amides is 1. The van der Waals surface area contributed by atoms with E-state index in [2.05, 4.69) is 35.2 Å². The second-order valence-corrected chi connectivity index (χ2v) is 8.69. The molecule has 2 aliphatic rings. The second-order valence-electron chi connectivity index (χ2n) is 8.69. The first-order chi connectivity index (χ1) is 15.6. The molecule has 0 radical (unpaired) electrons. The zero-order valence-corrected chi connectivity index (χ0v) is 19.2. The number of methoxy groups -OCH3 is 2. The Hall–Kier alpha value is -2.57. The highest BCUT2D eigenvalue weighted by Crippen LogP contribution is 2.26. The number of likely N-dealkylation sites (tertiary alicyclic amines) is 2. The standard InChI is InChI=1S/C26H34N2O4/c1-30-24-16-21(17-25(18-24)31-2)26(29)28-14-10-23(11-15-28)32-22-8-12-27(13-9-22)19-20-6-4-3-5-7-20/h3-7,16-18,22-23H,8-15,19H2,1-2H3. The van der Waals surface area contributed by atoms with Crippen molar-refractivity contribution in [2.75, 3.05) is 40.4 Å². The van der Waals surface area contributed by atoms with Gasteiger partial charge in [0.1, 0.15) is 11.5 Å². The predicted octanol–water partition coefficient (Wildman–Crippen LogP) is 3.99. The molecule has 2 aromatic carbocycles. The summed E-state index contributed by atoms with van der Waals surface area (Å²) in [5.74, 6) is 1.28. The molecule has 6 nitrogen and oxygen atoms in total. The van der Waals surface area contributed by atoms with E-state index in [9.17, 15) is 4.79 Å². The number of nitrogens with zero attached hydrogens (tertiary/aromatic N) is 2. The van der Waals surface area contributed by atoms with Crippen molar-refractivity contribution in [3.05, 3.63) is 59.7 Å². The largest absolute Gasteiger partial charge is 0.497 e. The van der Waals surface area contributed by atoms with Gasteiger partial charge in [0.05, 0.1) is 26.4 Å². The van der Waals surface area contributed by atoms with Crippen molar-refractivity contribution >= 4 is 5.91 Å². The van der Waals surface area contributed by atoms with E-state index in [-0.39, 0.29) is 12.0 Å². The third-order valence-corrected chi connectivity index (χ3v) is 6.50. The van der Waals surface area contributed by atoms with Crippen LogP contribution < -0.4 is 9.47 Å². The first-order valence-electron chi connectivity index (χ1n) is 11.6. The molecule has 6 heteroatoms. The molecule has 2 aromatic rings. The van der Waals surface area contributed by atoms with Crippen LogP contribution in [0.15, 0.2) is 48.5 Å². The molecule has 32 heavy (non-hydrogen) atoms. The summed E-state index contributed by atoms with van der Waals surface area (Å²) < 4.78 is 17.0. The van der Waals surface area contributed by atoms with Crippen LogP contribution in [-0.2, 0) is 11.3 Å². The molecular weight excluding hydrogens is 404 g/mol. The Kier molecular flexibility index (Phi) is 7.66. The lowest BCUT2D eigenvalue weighted by molar-refractivity contribution is -0.0629. The average molecular weight is 439 g/mol. The normalized spacial score (nSPS) is 18.5. The molecule has 0 spiro atoms. The maximum Gasteiger partial charge on any atom is 0.254 e. The SMILES string of the molecule is COc1cc(OC)cc(C(=O)N2CCC(OC3CCN(Cc4ccccc4)CC3)CC2)c1. The summed E-state index contributed by atoms with van der Waals surface area (Å²) in [4.78, 5) is 17.4. The summed E-state index contributed by atoms with van der Waals surface area (Å²) in [6.45, 7) is 4.61. The Morgan fingerprint density at radius 2 is 1.41 bits per heavy atom. The molecule has 0 aliphatic carbocycles. The summed E-state index contributed by atoms with van der Waals surface area (Å²) in [5.41, 5.74) is 1.98. The monoisotopic (exact) mass is 438 g/mol. The Balaban J connectivity index is 1.22. The van der Waals surface area contributed by atoms with Gasteiger partial charge < -0.3 is 19.1 Å². The van der Waals surface area contributed by atoms with Crippen LogP contribution in [0, 0.1) is 0 Å². The van der Waals surface area contributed by atoms with Crippen molar-refractivity contribution < 1.29 is 19.0 Å². The van der Waals surface area contributed by atoms with Gasteiger partial charge in [0.15, 0.2) is 0 Å². The van der Waals surface area contributed by atoms with Crippen molar-refractivity contribution in [1.82, 2.24) is 9.80 Å². The van der Waals surface area contributed by atoms with Gasteiger partial charge in [-0.1, -0.05) is 30.3 Å². The maximum absolute atomic E-state index is 13.0. The van der Waals surface area contributed by atoms with Crippen molar-refractivity contribution in [2.45, 2.75) is 44.4 Å². The third-order valence-electron chi connectivity index (χ3n) is 6.50. The van der Waals surface area contributed by atoms with Gasteiger partial charge >= 0.3 is 0 Å². The fourth-order valence-corrected chi connectivity index (χ4v) is 4.63.